The summed E-state index contributed by atoms with van der Waals surface area (Å²) < 4.78 is 18.6. The van der Waals surface area contributed by atoms with Crippen LogP contribution in [0.5, 0.6) is 11.5 Å². The van der Waals surface area contributed by atoms with Gasteiger partial charge in [-0.05, 0) is 48.9 Å². The highest BCUT2D eigenvalue weighted by Crippen LogP contribution is 2.51. The highest BCUT2D eigenvalue weighted by atomic mass is 32.2. The lowest BCUT2D eigenvalue weighted by Gasteiger charge is -2.25. The number of fused-ring (bicyclic) bond motifs is 1. The van der Waals surface area contributed by atoms with Gasteiger partial charge in [0.15, 0.2) is 0 Å². The fourth-order valence-corrected chi connectivity index (χ4v) is 6.34. The number of para-hydroxylation sites is 1. The number of hydrogen-bond donors (Lipinski definition) is 1. The molecule has 10 heteroatoms. The van der Waals surface area contributed by atoms with E-state index in [0.717, 1.165) is 28.1 Å². The molecule has 2 aromatic carbocycles. The van der Waals surface area contributed by atoms with Crippen molar-refractivity contribution in [3.05, 3.63) is 89.0 Å². The molecule has 1 unspecified atom stereocenters. The Morgan fingerprint density at radius 1 is 1.12 bits per heavy atom. The summed E-state index contributed by atoms with van der Waals surface area (Å²) in [5, 5.41) is 7.75. The quantitative estimate of drug-likeness (QED) is 0.287. The average molecular weight is 589 g/mol. The molecule has 2 aromatic heterocycles. The number of thioether (sulfide) groups is 1. The molecular weight excluding hydrogens is 552 g/mol. The molecule has 2 amide bonds. The maximum Gasteiger partial charge on any atom is 0.240 e. The Bertz CT molecular complexity index is 1590. The van der Waals surface area contributed by atoms with Gasteiger partial charge >= 0.3 is 0 Å². The summed E-state index contributed by atoms with van der Waals surface area (Å²) >= 11 is 1.50. The summed E-state index contributed by atoms with van der Waals surface area (Å²) in [6.45, 7) is 8.39. The van der Waals surface area contributed by atoms with Gasteiger partial charge in [0.2, 0.25) is 11.8 Å². The topological polar surface area (TPSA) is 98.8 Å². The summed E-state index contributed by atoms with van der Waals surface area (Å²) in [4.78, 5) is 28.8. The van der Waals surface area contributed by atoms with Crippen LogP contribution in [-0.4, -0.2) is 48.1 Å². The Morgan fingerprint density at radius 3 is 2.57 bits per heavy atom. The minimum atomic E-state index is -0.385. The van der Waals surface area contributed by atoms with Crippen LogP contribution in [0.25, 0.3) is 5.69 Å². The molecule has 3 heterocycles. The number of hydrogen-bond acceptors (Lipinski definition) is 7. The lowest BCUT2D eigenvalue weighted by atomic mass is 9.87. The van der Waals surface area contributed by atoms with Crippen molar-refractivity contribution < 1.29 is 23.5 Å². The third kappa shape index (κ3) is 5.76. The molecule has 1 N–H and O–H groups in total. The minimum absolute atomic E-state index is 0.155. The maximum absolute atomic E-state index is 13.9. The highest BCUT2D eigenvalue weighted by molar-refractivity contribution is 8.00. The number of furan rings is 1. The van der Waals surface area contributed by atoms with Gasteiger partial charge < -0.3 is 19.2 Å². The van der Waals surface area contributed by atoms with Crippen LogP contribution in [-0.2, 0) is 21.5 Å². The van der Waals surface area contributed by atoms with Crippen molar-refractivity contribution in [2.75, 3.05) is 31.4 Å². The number of carbonyl (C=O) groups is 2. The van der Waals surface area contributed by atoms with Gasteiger partial charge in [0.05, 0.1) is 49.4 Å². The van der Waals surface area contributed by atoms with Crippen LogP contribution in [0.4, 0.5) is 5.82 Å². The zero-order valence-corrected chi connectivity index (χ0v) is 25.6. The predicted octanol–water partition coefficient (Wildman–Crippen LogP) is 5.57. The molecule has 0 bridgehead atoms. The van der Waals surface area contributed by atoms with Crippen LogP contribution in [0.3, 0.4) is 0 Å². The van der Waals surface area contributed by atoms with Gasteiger partial charge in [0.25, 0.3) is 0 Å². The van der Waals surface area contributed by atoms with Crippen molar-refractivity contribution in [2.45, 2.75) is 44.9 Å². The van der Waals surface area contributed by atoms with E-state index >= 15 is 0 Å². The molecule has 0 spiro atoms. The van der Waals surface area contributed by atoms with Crippen molar-refractivity contribution in [1.82, 2.24) is 15.1 Å². The van der Waals surface area contributed by atoms with Crippen LogP contribution in [0.15, 0.2) is 65.3 Å². The smallest absolute Gasteiger partial charge is 0.240 e. The second-order valence-electron chi connectivity index (χ2n) is 11.2. The number of methoxy groups -OCH3 is 2. The monoisotopic (exact) mass is 588 g/mol. The number of benzene rings is 2. The number of nitrogens with zero attached hydrogens (tertiary/aromatic N) is 3. The summed E-state index contributed by atoms with van der Waals surface area (Å²) in [5.74, 6) is 2.24. The zero-order valence-electron chi connectivity index (χ0n) is 24.8. The third-order valence-electron chi connectivity index (χ3n) is 7.20. The van der Waals surface area contributed by atoms with Crippen molar-refractivity contribution in [2.24, 2.45) is 0 Å². The first-order valence-corrected chi connectivity index (χ1v) is 14.8. The normalized spacial score (nSPS) is 15.2. The number of anilines is 1. The number of amides is 2. The number of aromatic nitrogens is 2. The van der Waals surface area contributed by atoms with Gasteiger partial charge in [-0.1, -0.05) is 39.0 Å². The van der Waals surface area contributed by atoms with Crippen molar-refractivity contribution in [3.63, 3.8) is 0 Å². The molecule has 4 aromatic rings. The second kappa shape index (κ2) is 12.0. The van der Waals surface area contributed by atoms with E-state index in [0.29, 0.717) is 23.1 Å². The summed E-state index contributed by atoms with van der Waals surface area (Å²) in [6, 6.07) is 17.2. The molecule has 5 rings (SSSR count). The van der Waals surface area contributed by atoms with Gasteiger partial charge in [-0.15, -0.1) is 11.8 Å². The lowest BCUT2D eigenvalue weighted by molar-refractivity contribution is -0.123. The van der Waals surface area contributed by atoms with Crippen molar-refractivity contribution >= 4 is 29.4 Å². The van der Waals surface area contributed by atoms with E-state index in [2.05, 4.69) is 26.1 Å². The summed E-state index contributed by atoms with van der Waals surface area (Å²) in [6.07, 6.45) is 1.56. The molecule has 1 aliphatic heterocycles. The molecule has 0 radical (unpaired) electrons. The van der Waals surface area contributed by atoms with E-state index in [4.69, 9.17) is 19.0 Å². The molecule has 0 aliphatic carbocycles. The Hall–Kier alpha value is -4.18. The molecule has 0 saturated carbocycles. The van der Waals surface area contributed by atoms with Gasteiger partial charge in [0, 0.05) is 16.5 Å². The van der Waals surface area contributed by atoms with Gasteiger partial charge in [-0.3, -0.25) is 14.5 Å². The molecule has 1 atom stereocenters. The SMILES string of the molecule is COc1ccc(OC)c(C2SCC(=O)N(CC(=O)NCc3ccco3)c3c2c(C(C)(C)C)nn3-c2ccccc2C)c1. The van der Waals surface area contributed by atoms with Gasteiger partial charge in [-0.25, -0.2) is 4.68 Å². The van der Waals surface area contributed by atoms with E-state index in [9.17, 15) is 9.59 Å². The first-order valence-electron chi connectivity index (χ1n) is 13.7. The molecule has 9 nitrogen and oxygen atoms in total. The van der Waals surface area contributed by atoms with Crippen LogP contribution in [0.1, 0.15) is 54.2 Å². The Labute approximate surface area is 250 Å². The molecule has 220 valence electrons. The third-order valence-corrected chi connectivity index (χ3v) is 8.44. The average Bonchev–Trinajstić information content (AvgIpc) is 3.61. The maximum atomic E-state index is 13.9. The molecule has 42 heavy (non-hydrogen) atoms. The molecule has 1 aliphatic rings. The van der Waals surface area contributed by atoms with E-state index in [1.807, 2.05) is 54.1 Å². The van der Waals surface area contributed by atoms with Crippen LogP contribution >= 0.6 is 11.8 Å². The van der Waals surface area contributed by atoms with Crippen molar-refractivity contribution in [3.8, 4) is 17.2 Å². The van der Waals surface area contributed by atoms with Crippen LogP contribution < -0.4 is 19.7 Å². The standard InChI is InChI=1S/C32H36N4O5S/c1-20-10-7-8-12-24(20)36-31-28(30(34-36)32(2,3)4)29(23-16-21(39-5)13-14-25(23)40-6)42-19-27(38)35(31)18-26(37)33-17-22-11-9-15-41-22/h7-16,29H,17-19H2,1-6H3,(H,33,37). The Kier molecular flexibility index (Phi) is 8.36. The Morgan fingerprint density at radius 2 is 1.90 bits per heavy atom. The van der Waals surface area contributed by atoms with Gasteiger partial charge in [0.1, 0.15) is 29.6 Å². The van der Waals surface area contributed by atoms with E-state index in [1.54, 1.807) is 37.5 Å². The first kappa shape index (κ1) is 29.3. The summed E-state index contributed by atoms with van der Waals surface area (Å²) in [7, 11) is 3.26. The number of carbonyl (C=O) groups excluding carboxylic acids is 2. The number of aryl methyl sites for hydroxylation is 1. The fourth-order valence-electron chi connectivity index (χ4n) is 5.13. The zero-order chi connectivity index (χ0) is 30.0. The predicted molar refractivity (Wildman–Crippen MR) is 164 cm³/mol. The van der Waals surface area contributed by atoms with Crippen LogP contribution in [0, 0.1) is 6.92 Å². The van der Waals surface area contributed by atoms with E-state index < -0.39 is 0 Å². The number of rotatable bonds is 8. The fraction of sp³-hybridized carbons (Fsp3) is 0.344. The molecule has 0 saturated heterocycles. The first-order chi connectivity index (χ1) is 20.1. The Balaban J connectivity index is 1.73. The minimum Gasteiger partial charge on any atom is -0.497 e. The van der Waals surface area contributed by atoms with Gasteiger partial charge in [-0.2, -0.15) is 5.10 Å². The molecule has 0 fully saturated rings. The highest BCUT2D eigenvalue weighted by Gasteiger charge is 2.41. The second-order valence-corrected chi connectivity index (χ2v) is 12.3. The summed E-state index contributed by atoms with van der Waals surface area (Å²) in [5.41, 5.74) is 4.01. The molecular formula is C32H36N4O5S. The van der Waals surface area contributed by atoms with Crippen molar-refractivity contribution in [1.29, 1.82) is 0 Å². The lowest BCUT2D eigenvalue weighted by Crippen LogP contribution is -2.42. The number of ether oxygens (including phenoxy) is 2. The van der Waals surface area contributed by atoms with E-state index in [1.165, 1.54) is 11.8 Å². The largest absolute Gasteiger partial charge is 0.497 e. The number of nitrogens with one attached hydrogen (secondary N) is 1. The van der Waals surface area contributed by atoms with E-state index in [-0.39, 0.29) is 41.3 Å². The van der Waals surface area contributed by atoms with Crippen LogP contribution in [0.2, 0.25) is 0 Å².